The molecule has 0 bridgehead atoms. The van der Waals surface area contributed by atoms with Gasteiger partial charge in [-0.2, -0.15) is 0 Å². The summed E-state index contributed by atoms with van der Waals surface area (Å²) in [4.78, 5) is 52.9. The molecule has 0 saturated carbocycles. The molecule has 0 aromatic heterocycles. The molecule has 1 fully saturated rings. The fourth-order valence-corrected chi connectivity index (χ4v) is 3.44. The van der Waals surface area contributed by atoms with E-state index < -0.39 is 24.1 Å². The van der Waals surface area contributed by atoms with Crippen LogP contribution in [0, 0.1) is 0 Å². The molecule has 2 atom stereocenters. The number of amides is 2. The Bertz CT molecular complexity index is 834. The zero-order valence-corrected chi connectivity index (χ0v) is 19.1. The molecule has 0 radical (unpaired) electrons. The predicted octanol–water partition coefficient (Wildman–Crippen LogP) is 0.664. The van der Waals surface area contributed by atoms with Gasteiger partial charge in [0.2, 0.25) is 5.91 Å². The Morgan fingerprint density at radius 3 is 2.15 bits per heavy atom. The third-order valence-electron chi connectivity index (χ3n) is 5.11. The second-order valence-corrected chi connectivity index (χ2v) is 7.30. The van der Waals surface area contributed by atoms with E-state index in [-0.39, 0.29) is 24.8 Å². The van der Waals surface area contributed by atoms with Gasteiger partial charge in [0.15, 0.2) is 0 Å². The van der Waals surface area contributed by atoms with Crippen LogP contribution in [0.5, 0.6) is 0 Å². The normalized spacial score (nSPS) is 17.7. The minimum Gasteiger partial charge on any atom is -0.466 e. The van der Waals surface area contributed by atoms with Gasteiger partial charge in [-0.25, -0.2) is 9.59 Å². The minimum atomic E-state index is -0.825. The molecule has 2 rings (SSSR count). The molecule has 0 N–H and O–H groups in total. The Kier molecular flexibility index (Phi) is 10.5. The lowest BCUT2D eigenvalue weighted by atomic mass is 10.1. The monoisotopic (exact) mass is 462 g/mol. The number of likely N-dealkylation sites (tertiary alicyclic amines) is 1. The first-order chi connectivity index (χ1) is 15.9. The largest absolute Gasteiger partial charge is 0.466 e. The van der Waals surface area contributed by atoms with Crippen LogP contribution in [0.3, 0.4) is 0 Å². The lowest BCUT2D eigenvalue weighted by Gasteiger charge is -2.30. The Labute approximate surface area is 193 Å². The molecule has 1 aliphatic rings. The molecule has 1 aromatic rings. The molecular formula is C23H30N2O8. The standard InChI is InChI=1S/C23H30N2O8/c1-30-13-11-24(12-14-31-2)23(29)19-15-18(33-21(27)10-9-20(26)32-3)16-25(19)22(28)17-7-5-4-6-8-17/h4-10,18-19H,11-16H2,1-3H3/b10-9+/t18-,19+/m1/s1. The number of rotatable bonds is 11. The molecule has 1 saturated heterocycles. The maximum atomic E-state index is 13.4. The number of hydrogen-bond acceptors (Lipinski definition) is 8. The maximum Gasteiger partial charge on any atom is 0.331 e. The highest BCUT2D eigenvalue weighted by atomic mass is 16.5. The van der Waals surface area contributed by atoms with Crippen LogP contribution in [0.25, 0.3) is 0 Å². The van der Waals surface area contributed by atoms with Crippen LogP contribution in [0.15, 0.2) is 42.5 Å². The summed E-state index contributed by atoms with van der Waals surface area (Å²) in [5, 5.41) is 0. The Hall–Kier alpha value is -3.24. The first kappa shape index (κ1) is 26.0. The number of carbonyl (C=O) groups excluding carboxylic acids is 4. The summed E-state index contributed by atoms with van der Waals surface area (Å²) in [6, 6.07) is 7.76. The van der Waals surface area contributed by atoms with Crippen molar-refractivity contribution in [1.82, 2.24) is 9.80 Å². The van der Waals surface area contributed by atoms with Gasteiger partial charge in [-0.1, -0.05) is 18.2 Å². The quantitative estimate of drug-likeness (QED) is 0.348. The molecule has 1 aliphatic heterocycles. The molecule has 10 nitrogen and oxygen atoms in total. The zero-order valence-electron chi connectivity index (χ0n) is 19.1. The second-order valence-electron chi connectivity index (χ2n) is 7.30. The van der Waals surface area contributed by atoms with Crippen molar-refractivity contribution < 1.29 is 38.1 Å². The van der Waals surface area contributed by atoms with E-state index in [0.29, 0.717) is 31.9 Å². The van der Waals surface area contributed by atoms with Crippen molar-refractivity contribution in [2.75, 3.05) is 54.2 Å². The van der Waals surface area contributed by atoms with Gasteiger partial charge < -0.3 is 28.7 Å². The number of ether oxygens (including phenoxy) is 4. The highest BCUT2D eigenvalue weighted by molar-refractivity contribution is 5.98. The van der Waals surface area contributed by atoms with Gasteiger partial charge in [-0.05, 0) is 12.1 Å². The van der Waals surface area contributed by atoms with Crippen LogP contribution in [-0.2, 0) is 33.3 Å². The van der Waals surface area contributed by atoms with Crippen LogP contribution in [0.1, 0.15) is 16.8 Å². The summed E-state index contributed by atoms with van der Waals surface area (Å²) in [6.45, 7) is 1.35. The van der Waals surface area contributed by atoms with Gasteiger partial charge in [0.25, 0.3) is 5.91 Å². The topological polar surface area (TPSA) is 112 Å². The number of carbonyl (C=O) groups is 4. The van der Waals surface area contributed by atoms with E-state index in [1.165, 1.54) is 26.2 Å². The van der Waals surface area contributed by atoms with E-state index in [1.807, 2.05) is 0 Å². The van der Waals surface area contributed by atoms with E-state index in [2.05, 4.69) is 4.74 Å². The molecule has 2 amide bonds. The van der Waals surface area contributed by atoms with Gasteiger partial charge in [0, 0.05) is 51.4 Å². The van der Waals surface area contributed by atoms with Gasteiger partial charge in [-0.15, -0.1) is 0 Å². The van der Waals surface area contributed by atoms with Crippen LogP contribution in [0.4, 0.5) is 0 Å². The van der Waals surface area contributed by atoms with Crippen LogP contribution in [-0.4, -0.2) is 99.9 Å². The fraction of sp³-hybridized carbons (Fsp3) is 0.478. The molecule has 0 spiro atoms. The average Bonchev–Trinajstić information content (AvgIpc) is 3.25. The smallest absolute Gasteiger partial charge is 0.331 e. The second kappa shape index (κ2) is 13.3. The van der Waals surface area contributed by atoms with Crippen molar-refractivity contribution in [3.63, 3.8) is 0 Å². The zero-order chi connectivity index (χ0) is 24.2. The summed E-state index contributed by atoms with van der Waals surface area (Å²) < 4.78 is 20.1. The molecule has 0 aliphatic carbocycles. The average molecular weight is 462 g/mol. The SMILES string of the molecule is COCCN(CCOC)C(=O)[C@@H]1C[C@@H](OC(=O)/C=C/C(=O)OC)CN1C(=O)c1ccccc1. The Morgan fingerprint density at radius 2 is 1.58 bits per heavy atom. The number of nitrogens with zero attached hydrogens (tertiary/aromatic N) is 2. The molecule has 180 valence electrons. The van der Waals surface area contributed by atoms with Gasteiger partial charge in [0.1, 0.15) is 12.1 Å². The highest BCUT2D eigenvalue weighted by Gasteiger charge is 2.43. The van der Waals surface area contributed by atoms with E-state index in [4.69, 9.17) is 14.2 Å². The number of methoxy groups -OCH3 is 3. The van der Waals surface area contributed by atoms with Crippen molar-refractivity contribution >= 4 is 23.8 Å². The highest BCUT2D eigenvalue weighted by Crippen LogP contribution is 2.25. The number of hydrogen-bond donors (Lipinski definition) is 0. The van der Waals surface area contributed by atoms with E-state index in [9.17, 15) is 19.2 Å². The summed E-state index contributed by atoms with van der Waals surface area (Å²) in [5.41, 5.74) is 0.424. The third-order valence-corrected chi connectivity index (χ3v) is 5.11. The lowest BCUT2D eigenvalue weighted by Crippen LogP contribution is -2.49. The summed E-state index contributed by atoms with van der Waals surface area (Å²) in [7, 11) is 4.27. The van der Waals surface area contributed by atoms with Gasteiger partial charge in [-0.3, -0.25) is 9.59 Å². The molecule has 10 heteroatoms. The Morgan fingerprint density at radius 1 is 0.970 bits per heavy atom. The minimum absolute atomic E-state index is 0.0460. The molecule has 1 heterocycles. The van der Waals surface area contributed by atoms with Crippen molar-refractivity contribution in [3.05, 3.63) is 48.0 Å². The summed E-state index contributed by atoms with van der Waals surface area (Å²) in [6.07, 6.45) is 1.32. The molecule has 33 heavy (non-hydrogen) atoms. The summed E-state index contributed by atoms with van der Waals surface area (Å²) >= 11 is 0. The van der Waals surface area contributed by atoms with Crippen LogP contribution < -0.4 is 0 Å². The molecule has 1 aromatic carbocycles. The number of esters is 2. The van der Waals surface area contributed by atoms with E-state index >= 15 is 0 Å². The van der Waals surface area contributed by atoms with E-state index in [1.54, 1.807) is 35.2 Å². The van der Waals surface area contributed by atoms with E-state index in [0.717, 1.165) is 12.2 Å². The fourth-order valence-electron chi connectivity index (χ4n) is 3.44. The van der Waals surface area contributed by atoms with Crippen molar-refractivity contribution in [3.8, 4) is 0 Å². The van der Waals surface area contributed by atoms with Crippen molar-refractivity contribution in [2.24, 2.45) is 0 Å². The lowest BCUT2D eigenvalue weighted by molar-refractivity contribution is -0.143. The van der Waals surface area contributed by atoms with Crippen molar-refractivity contribution in [2.45, 2.75) is 18.6 Å². The first-order valence-electron chi connectivity index (χ1n) is 10.5. The third kappa shape index (κ3) is 7.69. The van der Waals surface area contributed by atoms with Crippen molar-refractivity contribution in [1.29, 1.82) is 0 Å². The van der Waals surface area contributed by atoms with Gasteiger partial charge >= 0.3 is 11.9 Å². The van der Waals surface area contributed by atoms with Gasteiger partial charge in [0.05, 0.1) is 26.9 Å². The van der Waals surface area contributed by atoms with Crippen LogP contribution in [0.2, 0.25) is 0 Å². The molecular weight excluding hydrogens is 432 g/mol. The first-order valence-corrected chi connectivity index (χ1v) is 10.5. The Balaban J connectivity index is 2.22. The summed E-state index contributed by atoms with van der Waals surface area (Å²) in [5.74, 6) is -2.08. The maximum absolute atomic E-state index is 13.4. The number of benzene rings is 1. The predicted molar refractivity (Wildman–Crippen MR) is 117 cm³/mol. The molecule has 0 unspecified atom stereocenters. The van der Waals surface area contributed by atoms with Crippen LogP contribution >= 0.6 is 0 Å².